The van der Waals surface area contributed by atoms with Gasteiger partial charge in [-0.3, -0.25) is 0 Å². The van der Waals surface area contributed by atoms with E-state index in [4.69, 9.17) is 278 Å². The Balaban J connectivity index is 2.07. The standard InChI is InChI=1S/C32HCl24/c33-9-3(1(5-13(37)21(45)29(53)22(46)14(5)38)6-15(39)23(47)30(54)24(48)16(6)40)10(34)12(36)4(11(9)35)2(7-17(41)25(49)31(55)26(50)18(7)42)8-19(43)27(51)32(56)28(52)20(8)44/h1H. The zero-order valence-electron chi connectivity index (χ0n) is 25.1. The summed E-state index contributed by atoms with van der Waals surface area (Å²) in [7, 11) is 0. The van der Waals surface area contributed by atoms with Crippen molar-refractivity contribution < 1.29 is 0 Å². The van der Waals surface area contributed by atoms with Crippen molar-refractivity contribution in [2.75, 3.05) is 0 Å². The highest BCUT2D eigenvalue weighted by Crippen LogP contribution is 2.62. The molecule has 0 spiro atoms. The van der Waals surface area contributed by atoms with E-state index in [2.05, 4.69) is 0 Å². The minimum absolute atomic E-state index is 0.122. The molecule has 0 aliphatic carbocycles. The van der Waals surface area contributed by atoms with E-state index in [9.17, 15) is 0 Å². The Kier molecular flexibility index (Phi) is 17.2. The van der Waals surface area contributed by atoms with E-state index in [1.165, 1.54) is 0 Å². The summed E-state index contributed by atoms with van der Waals surface area (Å²) in [4.78, 5) is 0. The molecule has 24 heteroatoms. The van der Waals surface area contributed by atoms with Crippen LogP contribution in [0, 0.1) is 5.92 Å². The summed E-state index contributed by atoms with van der Waals surface area (Å²) in [5, 5.41) is -6.79. The molecule has 0 unspecified atom stereocenters. The molecule has 5 rings (SSSR count). The lowest BCUT2D eigenvalue weighted by atomic mass is 9.81. The van der Waals surface area contributed by atoms with Crippen molar-refractivity contribution in [2.45, 2.75) is 5.92 Å². The summed E-state index contributed by atoms with van der Waals surface area (Å²) in [5.74, 6) is -1.75. The van der Waals surface area contributed by atoms with Crippen LogP contribution in [0.2, 0.25) is 121 Å². The Morgan fingerprint density at radius 1 is 0.179 bits per heavy atom. The molecule has 0 aliphatic heterocycles. The Bertz CT molecular complexity index is 2080. The molecule has 1 radical (unpaired) electrons. The molecule has 56 heavy (non-hydrogen) atoms. The lowest BCUT2D eigenvalue weighted by Crippen LogP contribution is -2.14. The fraction of sp³-hybridized carbons (Fsp3) is 0.0312. The maximum Gasteiger partial charge on any atom is 0.0809 e. The van der Waals surface area contributed by atoms with Gasteiger partial charge in [0, 0.05) is 39.3 Å². The van der Waals surface area contributed by atoms with Gasteiger partial charge < -0.3 is 0 Å². The van der Waals surface area contributed by atoms with E-state index in [1.807, 2.05) is 0 Å². The maximum absolute atomic E-state index is 7.23. The van der Waals surface area contributed by atoms with Crippen LogP contribution in [0.1, 0.15) is 39.3 Å². The zero-order chi connectivity index (χ0) is 42.5. The number of benzene rings is 5. The summed E-state index contributed by atoms with van der Waals surface area (Å²) in [6.45, 7) is 0. The van der Waals surface area contributed by atoms with E-state index in [0.29, 0.717) is 0 Å². The molecule has 0 N–H and O–H groups in total. The number of halogens is 24. The first-order valence-corrected chi connectivity index (χ1v) is 22.7. The van der Waals surface area contributed by atoms with Crippen molar-refractivity contribution in [1.82, 2.24) is 0 Å². The molecule has 297 valence electrons. The van der Waals surface area contributed by atoms with Gasteiger partial charge in [0.05, 0.1) is 126 Å². The van der Waals surface area contributed by atoms with Crippen LogP contribution in [0.25, 0.3) is 0 Å². The van der Waals surface area contributed by atoms with Crippen molar-refractivity contribution in [2.24, 2.45) is 0 Å². The highest BCUT2D eigenvalue weighted by molar-refractivity contribution is 6.60. The quantitative estimate of drug-likeness (QED) is 0.0903. The lowest BCUT2D eigenvalue weighted by Gasteiger charge is -2.31. The SMILES string of the molecule is Clc1c(Cl)c(Cl)c([C](c2c(Cl)c(Cl)c(Cl)c(Cl)c2Cl)c2c(Cl)c(Cl)c(C(c3c(Cl)c(Cl)c(Cl)c(Cl)c3Cl)c3c(Cl)c(Cl)c(Cl)c(Cl)c3Cl)c(Cl)c2Cl)c(Cl)c1Cl. The van der Waals surface area contributed by atoms with Crippen molar-refractivity contribution in [3.8, 4) is 0 Å². The third kappa shape index (κ3) is 8.29. The molecule has 0 bridgehead atoms. The Labute approximate surface area is 438 Å². The van der Waals surface area contributed by atoms with Gasteiger partial charge in [-0.25, -0.2) is 0 Å². The van der Waals surface area contributed by atoms with Crippen LogP contribution in [-0.4, -0.2) is 0 Å². The molecular weight excluding hydrogens is 1240 g/mol. The topological polar surface area (TPSA) is 0 Å². The van der Waals surface area contributed by atoms with Gasteiger partial charge in [-0.2, -0.15) is 0 Å². The predicted molar refractivity (Wildman–Crippen MR) is 254 cm³/mol. The summed E-state index contributed by atoms with van der Waals surface area (Å²) in [5.41, 5.74) is -1.08. The first kappa shape index (κ1) is 50.1. The van der Waals surface area contributed by atoms with Gasteiger partial charge in [0.15, 0.2) is 0 Å². The first-order chi connectivity index (χ1) is 25.9. The highest BCUT2D eigenvalue weighted by atomic mass is 35.5. The second kappa shape index (κ2) is 19.3. The van der Waals surface area contributed by atoms with Crippen LogP contribution in [0.15, 0.2) is 0 Å². The van der Waals surface area contributed by atoms with Gasteiger partial charge in [0.2, 0.25) is 0 Å². The maximum atomic E-state index is 7.23. The van der Waals surface area contributed by atoms with E-state index < -0.39 is 16.0 Å². The van der Waals surface area contributed by atoms with Gasteiger partial charge in [0.1, 0.15) is 0 Å². The van der Waals surface area contributed by atoms with Crippen molar-refractivity contribution >= 4 is 278 Å². The Morgan fingerprint density at radius 2 is 0.304 bits per heavy atom. The molecule has 0 saturated heterocycles. The summed E-state index contributed by atoms with van der Waals surface area (Å²) in [6, 6.07) is 0. The number of hydrogen-bond donors (Lipinski definition) is 0. The smallest absolute Gasteiger partial charge is 0.0809 e. The molecule has 0 saturated carbocycles. The second-order valence-corrected chi connectivity index (χ2v) is 19.8. The molecule has 0 nitrogen and oxygen atoms in total. The summed E-state index contributed by atoms with van der Waals surface area (Å²) < 4.78 is 0. The largest absolute Gasteiger partial charge is 0.0823 e. The van der Waals surface area contributed by atoms with Crippen molar-refractivity contribution in [3.63, 3.8) is 0 Å². The molecule has 0 fully saturated rings. The van der Waals surface area contributed by atoms with Crippen LogP contribution in [0.3, 0.4) is 0 Å². The Hall–Kier alpha value is 3.06. The van der Waals surface area contributed by atoms with Gasteiger partial charge in [-0.05, 0) is 0 Å². The van der Waals surface area contributed by atoms with E-state index >= 15 is 0 Å². The van der Waals surface area contributed by atoms with Gasteiger partial charge in [-0.1, -0.05) is 278 Å². The van der Waals surface area contributed by atoms with Gasteiger partial charge >= 0.3 is 0 Å². The minimum atomic E-state index is -1.53. The van der Waals surface area contributed by atoms with E-state index in [-0.39, 0.29) is 150 Å². The van der Waals surface area contributed by atoms with Crippen molar-refractivity contribution in [1.29, 1.82) is 0 Å². The molecule has 0 atom stereocenters. The molecule has 0 aliphatic rings. The number of rotatable bonds is 6. The Morgan fingerprint density at radius 3 is 0.500 bits per heavy atom. The predicted octanol–water partition coefficient (Wildman–Crippen LogP) is 23.6. The van der Waals surface area contributed by atoms with Crippen LogP contribution < -0.4 is 0 Å². The summed E-state index contributed by atoms with van der Waals surface area (Å²) in [6.07, 6.45) is 0. The lowest BCUT2D eigenvalue weighted by molar-refractivity contribution is 0.977. The van der Waals surface area contributed by atoms with Gasteiger partial charge in [-0.15, -0.1) is 0 Å². The molecule has 5 aromatic rings. The fourth-order valence-corrected chi connectivity index (χ4v) is 12.0. The zero-order valence-corrected chi connectivity index (χ0v) is 43.3. The van der Waals surface area contributed by atoms with Crippen LogP contribution >= 0.6 is 278 Å². The average Bonchev–Trinajstić information content (AvgIpc) is 3.16. The van der Waals surface area contributed by atoms with E-state index in [1.54, 1.807) is 0 Å². The monoisotopic (exact) mass is 1220 g/mol. The first-order valence-electron chi connectivity index (χ1n) is 13.7. The van der Waals surface area contributed by atoms with Crippen LogP contribution in [-0.2, 0) is 0 Å². The third-order valence-electron chi connectivity index (χ3n) is 7.82. The highest BCUT2D eigenvalue weighted by Gasteiger charge is 2.41. The number of hydrogen-bond acceptors (Lipinski definition) is 0. The fourth-order valence-electron chi connectivity index (χ4n) is 5.33. The molecule has 0 heterocycles. The average molecular weight is 1240 g/mol. The summed E-state index contributed by atoms with van der Waals surface area (Å²) >= 11 is 161. The molecule has 0 amide bonds. The second-order valence-electron chi connectivity index (χ2n) is 10.7. The molecule has 0 aromatic heterocycles. The molecule has 5 aromatic carbocycles. The molecular formula is C32HCl24. The normalized spacial score (nSPS) is 11.9. The van der Waals surface area contributed by atoms with Crippen molar-refractivity contribution in [3.05, 3.63) is 160 Å². The minimum Gasteiger partial charge on any atom is -0.0823 e. The van der Waals surface area contributed by atoms with E-state index in [0.717, 1.165) is 0 Å². The van der Waals surface area contributed by atoms with Crippen LogP contribution in [0.4, 0.5) is 0 Å². The van der Waals surface area contributed by atoms with Crippen LogP contribution in [0.5, 0.6) is 0 Å². The third-order valence-corrected chi connectivity index (χ3v) is 18.7. The van der Waals surface area contributed by atoms with Gasteiger partial charge in [0.25, 0.3) is 0 Å².